The normalized spacial score (nSPS) is 15.0. The molecule has 28 heavy (non-hydrogen) atoms. The zero-order chi connectivity index (χ0) is 18.9. The molecular weight excluding hydrogens is 354 g/mol. The molecule has 8 nitrogen and oxygen atoms in total. The molecule has 1 aliphatic heterocycles. The summed E-state index contributed by atoms with van der Waals surface area (Å²) in [6.45, 7) is 3.20. The molecule has 0 aliphatic carbocycles. The highest BCUT2D eigenvalue weighted by molar-refractivity contribution is 5.56. The lowest BCUT2D eigenvalue weighted by molar-refractivity contribution is 0.0738. The van der Waals surface area contributed by atoms with Crippen LogP contribution in [-0.2, 0) is 13.1 Å². The van der Waals surface area contributed by atoms with Crippen LogP contribution < -0.4 is 5.56 Å². The quantitative estimate of drug-likeness (QED) is 0.527. The molecule has 0 aromatic carbocycles. The fraction of sp³-hybridized carbons (Fsp3) is 0.250. The highest BCUT2D eigenvalue weighted by Crippen LogP contribution is 2.20. The molecule has 0 amide bonds. The molecule has 1 saturated heterocycles. The summed E-state index contributed by atoms with van der Waals surface area (Å²) < 4.78 is 3.59. The number of rotatable bonds is 5. The van der Waals surface area contributed by atoms with E-state index in [0.29, 0.717) is 12.5 Å². The van der Waals surface area contributed by atoms with Crippen molar-refractivity contribution < 1.29 is 0 Å². The molecule has 140 valence electrons. The Balaban J connectivity index is 1.25. The van der Waals surface area contributed by atoms with Gasteiger partial charge >= 0.3 is 0 Å². The van der Waals surface area contributed by atoms with Gasteiger partial charge in [-0.25, -0.2) is 4.68 Å². The highest BCUT2D eigenvalue weighted by atomic mass is 16.1. The Morgan fingerprint density at radius 2 is 1.86 bits per heavy atom. The van der Waals surface area contributed by atoms with Gasteiger partial charge in [0.15, 0.2) is 11.5 Å². The van der Waals surface area contributed by atoms with E-state index < -0.39 is 0 Å². The van der Waals surface area contributed by atoms with Gasteiger partial charge in [-0.3, -0.25) is 19.1 Å². The average molecular weight is 373 g/mol. The number of hydrogen-bond acceptors (Lipinski definition) is 6. The van der Waals surface area contributed by atoms with Crippen molar-refractivity contribution in [3.8, 4) is 11.3 Å². The minimum absolute atomic E-state index is 0.0697. The van der Waals surface area contributed by atoms with Crippen molar-refractivity contribution in [3.63, 3.8) is 0 Å². The lowest BCUT2D eigenvalue weighted by Crippen LogP contribution is -2.49. The van der Waals surface area contributed by atoms with Crippen LogP contribution in [0.2, 0.25) is 0 Å². The summed E-state index contributed by atoms with van der Waals surface area (Å²) in [4.78, 5) is 18.6. The molecule has 0 saturated carbocycles. The number of hydrogen-bond donors (Lipinski definition) is 0. The van der Waals surface area contributed by atoms with E-state index in [-0.39, 0.29) is 5.56 Å². The van der Waals surface area contributed by atoms with Gasteiger partial charge in [-0.05, 0) is 30.3 Å². The molecule has 8 heteroatoms. The lowest BCUT2D eigenvalue weighted by atomic mass is 10.0. The molecule has 4 aromatic heterocycles. The van der Waals surface area contributed by atoms with Gasteiger partial charge in [-0.1, -0.05) is 6.07 Å². The van der Waals surface area contributed by atoms with Gasteiger partial charge in [-0.2, -0.15) is 5.10 Å². The molecular formula is C20H19N7O. The van der Waals surface area contributed by atoms with Crippen molar-refractivity contribution in [3.05, 3.63) is 77.2 Å². The molecule has 1 aliphatic rings. The Morgan fingerprint density at radius 3 is 2.71 bits per heavy atom. The standard InChI is InChI=1S/C20H19N7O/c28-20-5-4-17(16-6-8-21-9-7-16)24-27(20)13-15-11-25(12-15)14-19-23-22-18-3-1-2-10-26(18)19/h1-10,15H,11-14H2. The molecule has 0 atom stereocenters. The fourth-order valence-corrected chi connectivity index (χ4v) is 3.62. The predicted molar refractivity (Wildman–Crippen MR) is 103 cm³/mol. The Morgan fingerprint density at radius 1 is 1.00 bits per heavy atom. The SMILES string of the molecule is O=c1ccc(-c2ccncc2)nn1CC1CN(Cc2nnc3ccccn23)C1. The third kappa shape index (κ3) is 3.18. The van der Waals surface area contributed by atoms with Gasteiger partial charge < -0.3 is 0 Å². The van der Waals surface area contributed by atoms with E-state index in [1.807, 2.05) is 40.9 Å². The van der Waals surface area contributed by atoms with Crippen LogP contribution in [0, 0.1) is 5.92 Å². The van der Waals surface area contributed by atoms with Crippen LogP contribution in [0.5, 0.6) is 0 Å². The van der Waals surface area contributed by atoms with Gasteiger partial charge in [-0.15, -0.1) is 10.2 Å². The van der Waals surface area contributed by atoms with E-state index in [2.05, 4.69) is 25.2 Å². The first-order chi connectivity index (χ1) is 13.8. The summed E-state index contributed by atoms with van der Waals surface area (Å²) in [7, 11) is 0. The first-order valence-electron chi connectivity index (χ1n) is 9.26. The van der Waals surface area contributed by atoms with Crippen molar-refractivity contribution >= 4 is 5.65 Å². The first-order valence-corrected chi connectivity index (χ1v) is 9.26. The van der Waals surface area contributed by atoms with Crippen LogP contribution in [0.25, 0.3) is 16.9 Å². The van der Waals surface area contributed by atoms with Crippen molar-refractivity contribution in [2.75, 3.05) is 13.1 Å². The number of likely N-dealkylation sites (tertiary alicyclic amines) is 1. The van der Waals surface area contributed by atoms with Crippen molar-refractivity contribution in [2.45, 2.75) is 13.1 Å². The van der Waals surface area contributed by atoms with E-state index in [4.69, 9.17) is 0 Å². The second-order valence-electron chi connectivity index (χ2n) is 7.08. The Bertz CT molecular complexity index is 1160. The van der Waals surface area contributed by atoms with Crippen LogP contribution in [0.15, 0.2) is 65.8 Å². The molecule has 1 fully saturated rings. The van der Waals surface area contributed by atoms with Crippen molar-refractivity contribution in [1.29, 1.82) is 0 Å². The van der Waals surface area contributed by atoms with Crippen LogP contribution >= 0.6 is 0 Å². The molecule has 0 unspecified atom stereocenters. The summed E-state index contributed by atoms with van der Waals surface area (Å²) in [5.74, 6) is 1.33. The molecule has 5 rings (SSSR count). The van der Waals surface area contributed by atoms with Gasteiger partial charge in [0.1, 0.15) is 0 Å². The molecule has 0 bridgehead atoms. The summed E-state index contributed by atoms with van der Waals surface area (Å²) in [6, 6.07) is 13.0. The van der Waals surface area contributed by atoms with Gasteiger partial charge in [0, 0.05) is 49.2 Å². The number of pyridine rings is 2. The molecule has 4 aromatic rings. The Kier molecular flexibility index (Phi) is 4.17. The molecule has 0 spiro atoms. The zero-order valence-corrected chi connectivity index (χ0v) is 15.2. The summed E-state index contributed by atoms with van der Waals surface area (Å²) in [5.41, 5.74) is 2.53. The van der Waals surface area contributed by atoms with Crippen LogP contribution in [0.3, 0.4) is 0 Å². The summed E-state index contributed by atoms with van der Waals surface area (Å²) in [5, 5.41) is 13.0. The lowest BCUT2D eigenvalue weighted by Gasteiger charge is -2.38. The minimum atomic E-state index is -0.0697. The van der Waals surface area contributed by atoms with Crippen LogP contribution in [0.1, 0.15) is 5.82 Å². The fourth-order valence-electron chi connectivity index (χ4n) is 3.62. The van der Waals surface area contributed by atoms with Crippen molar-refractivity contribution in [1.82, 2.24) is 34.3 Å². The van der Waals surface area contributed by atoms with Gasteiger partial charge in [0.05, 0.1) is 18.8 Å². The number of fused-ring (bicyclic) bond motifs is 1. The second-order valence-corrected chi connectivity index (χ2v) is 7.08. The Labute approximate surface area is 161 Å². The first kappa shape index (κ1) is 16.8. The maximum absolute atomic E-state index is 12.2. The maximum Gasteiger partial charge on any atom is 0.266 e. The molecule has 0 N–H and O–H groups in total. The highest BCUT2D eigenvalue weighted by Gasteiger charge is 2.28. The second kappa shape index (κ2) is 6.97. The predicted octanol–water partition coefficient (Wildman–Crippen LogP) is 1.48. The Hall–Kier alpha value is -3.39. The van der Waals surface area contributed by atoms with Gasteiger partial charge in [0.2, 0.25) is 0 Å². The van der Waals surface area contributed by atoms with E-state index in [1.54, 1.807) is 29.2 Å². The zero-order valence-electron chi connectivity index (χ0n) is 15.2. The van der Waals surface area contributed by atoms with Crippen LogP contribution in [0.4, 0.5) is 0 Å². The summed E-state index contributed by atoms with van der Waals surface area (Å²) >= 11 is 0. The smallest absolute Gasteiger partial charge is 0.266 e. The number of nitrogens with zero attached hydrogens (tertiary/aromatic N) is 7. The van der Waals surface area contributed by atoms with Crippen LogP contribution in [-0.4, -0.2) is 47.4 Å². The maximum atomic E-state index is 12.2. The monoisotopic (exact) mass is 373 g/mol. The van der Waals surface area contributed by atoms with E-state index >= 15 is 0 Å². The third-order valence-corrected chi connectivity index (χ3v) is 5.06. The van der Waals surface area contributed by atoms with Crippen molar-refractivity contribution in [2.24, 2.45) is 5.92 Å². The van der Waals surface area contributed by atoms with E-state index in [9.17, 15) is 4.79 Å². The topological polar surface area (TPSA) is 81.2 Å². The summed E-state index contributed by atoms with van der Waals surface area (Å²) in [6.07, 6.45) is 5.44. The van der Waals surface area contributed by atoms with Gasteiger partial charge in [0.25, 0.3) is 5.56 Å². The minimum Gasteiger partial charge on any atom is -0.295 e. The molecule has 0 radical (unpaired) electrons. The largest absolute Gasteiger partial charge is 0.295 e. The van der Waals surface area contributed by atoms with E-state index in [0.717, 1.165) is 42.4 Å². The average Bonchev–Trinajstić information content (AvgIpc) is 3.11. The molecule has 5 heterocycles. The third-order valence-electron chi connectivity index (χ3n) is 5.06. The van der Waals surface area contributed by atoms with E-state index in [1.165, 1.54) is 0 Å². The number of aromatic nitrogens is 6.